The number of esters is 2. The average molecular weight is 288 g/mol. The summed E-state index contributed by atoms with van der Waals surface area (Å²) in [5.74, 6) is -1.14. The quantitative estimate of drug-likeness (QED) is 0.440. The number of ether oxygens (including phenoxy) is 1. The highest BCUT2D eigenvalue weighted by Gasteiger charge is 2.18. The lowest BCUT2D eigenvalue weighted by molar-refractivity contribution is -0.158. The molecule has 2 atom stereocenters. The first-order valence-corrected chi connectivity index (χ1v) is 4.82. The standard InChI is InChI=1S/C6H8Br2O3/c1-3(7)5(9)11-6(10)4(2)8/h3-4H,1-2H3/t3-,4-/m0/s1. The van der Waals surface area contributed by atoms with Gasteiger partial charge in [-0.05, 0) is 13.8 Å². The van der Waals surface area contributed by atoms with Gasteiger partial charge < -0.3 is 4.74 Å². The van der Waals surface area contributed by atoms with Crippen molar-refractivity contribution < 1.29 is 14.3 Å². The topological polar surface area (TPSA) is 43.4 Å². The Morgan fingerprint density at radius 2 is 1.36 bits per heavy atom. The minimum Gasteiger partial charge on any atom is -0.391 e. The number of hydrogen-bond acceptors (Lipinski definition) is 3. The van der Waals surface area contributed by atoms with Crippen LogP contribution in [-0.4, -0.2) is 21.6 Å². The third-order valence-electron chi connectivity index (χ3n) is 0.851. The summed E-state index contributed by atoms with van der Waals surface area (Å²) in [6, 6.07) is 0. The summed E-state index contributed by atoms with van der Waals surface area (Å²) >= 11 is 5.95. The van der Waals surface area contributed by atoms with E-state index in [2.05, 4.69) is 36.6 Å². The summed E-state index contributed by atoms with van der Waals surface area (Å²) in [5.41, 5.74) is 0. The predicted molar refractivity (Wildman–Crippen MR) is 47.9 cm³/mol. The minimum atomic E-state index is -0.568. The van der Waals surface area contributed by atoms with Crippen LogP contribution in [0.25, 0.3) is 0 Å². The number of rotatable bonds is 2. The van der Waals surface area contributed by atoms with Crippen molar-refractivity contribution in [3.05, 3.63) is 0 Å². The molecule has 0 unspecified atom stereocenters. The van der Waals surface area contributed by atoms with Gasteiger partial charge >= 0.3 is 11.9 Å². The van der Waals surface area contributed by atoms with Crippen molar-refractivity contribution in [1.82, 2.24) is 0 Å². The van der Waals surface area contributed by atoms with Gasteiger partial charge in [-0.1, -0.05) is 31.9 Å². The molecule has 0 aromatic rings. The molecule has 0 bridgehead atoms. The van der Waals surface area contributed by atoms with E-state index in [1.807, 2.05) is 0 Å². The van der Waals surface area contributed by atoms with E-state index in [9.17, 15) is 9.59 Å². The third kappa shape index (κ3) is 4.53. The van der Waals surface area contributed by atoms with Gasteiger partial charge in [0.25, 0.3) is 0 Å². The lowest BCUT2D eigenvalue weighted by Crippen LogP contribution is -2.23. The van der Waals surface area contributed by atoms with Gasteiger partial charge in [-0.15, -0.1) is 0 Å². The van der Waals surface area contributed by atoms with E-state index in [-0.39, 0.29) is 0 Å². The summed E-state index contributed by atoms with van der Waals surface area (Å²) < 4.78 is 4.40. The monoisotopic (exact) mass is 286 g/mol. The van der Waals surface area contributed by atoms with Gasteiger partial charge in [0.1, 0.15) is 9.65 Å². The highest BCUT2D eigenvalue weighted by atomic mass is 79.9. The van der Waals surface area contributed by atoms with Crippen LogP contribution in [0.1, 0.15) is 13.8 Å². The Bertz CT molecular complexity index is 147. The molecule has 0 saturated carbocycles. The molecule has 0 aromatic carbocycles. The second kappa shape index (κ2) is 4.87. The largest absolute Gasteiger partial charge is 0.391 e. The summed E-state index contributed by atoms with van der Waals surface area (Å²) in [7, 11) is 0. The zero-order chi connectivity index (χ0) is 9.02. The highest BCUT2D eigenvalue weighted by Crippen LogP contribution is 2.05. The van der Waals surface area contributed by atoms with Gasteiger partial charge in [0.05, 0.1) is 0 Å². The van der Waals surface area contributed by atoms with Crippen LogP contribution in [0.2, 0.25) is 0 Å². The molecular weight excluding hydrogens is 280 g/mol. The second-order valence-electron chi connectivity index (χ2n) is 1.97. The molecule has 0 N–H and O–H groups in total. The van der Waals surface area contributed by atoms with E-state index in [1.54, 1.807) is 13.8 Å². The molecule has 0 rings (SSSR count). The Labute approximate surface area is 81.7 Å². The maximum absolute atomic E-state index is 10.7. The summed E-state index contributed by atoms with van der Waals surface area (Å²) in [4.78, 5) is 20.6. The Balaban J connectivity index is 3.86. The van der Waals surface area contributed by atoms with Crippen LogP contribution < -0.4 is 0 Å². The number of carbonyl (C=O) groups is 2. The lowest BCUT2D eigenvalue weighted by atomic mass is 10.5. The molecule has 0 aliphatic carbocycles. The summed E-state index contributed by atoms with van der Waals surface area (Å²) in [6.07, 6.45) is 0. The Morgan fingerprint density at radius 1 is 1.09 bits per heavy atom. The molecule has 0 aliphatic rings. The SMILES string of the molecule is C[C@H](Br)C(=O)OC(=O)[C@H](C)Br. The van der Waals surface area contributed by atoms with Crippen molar-refractivity contribution in [3.8, 4) is 0 Å². The maximum Gasteiger partial charge on any atom is 0.327 e. The van der Waals surface area contributed by atoms with E-state index in [0.29, 0.717) is 0 Å². The van der Waals surface area contributed by atoms with E-state index < -0.39 is 21.6 Å². The fourth-order valence-electron chi connectivity index (χ4n) is 0.262. The molecular formula is C6H8Br2O3. The fraction of sp³-hybridized carbons (Fsp3) is 0.667. The zero-order valence-electron chi connectivity index (χ0n) is 6.14. The molecule has 0 amide bonds. The Kier molecular flexibility index (Phi) is 4.92. The molecule has 0 aliphatic heterocycles. The molecule has 0 heterocycles. The van der Waals surface area contributed by atoms with Crippen LogP contribution in [0.5, 0.6) is 0 Å². The first-order valence-electron chi connectivity index (χ1n) is 2.98. The third-order valence-corrected chi connectivity index (χ3v) is 1.60. The fourth-order valence-corrected chi connectivity index (χ4v) is 0.448. The van der Waals surface area contributed by atoms with Crippen LogP contribution in [-0.2, 0) is 14.3 Å². The first-order chi connectivity index (χ1) is 4.95. The number of alkyl halides is 2. The predicted octanol–water partition coefficient (Wildman–Crippen LogP) is 1.62. The molecule has 0 spiro atoms. The van der Waals surface area contributed by atoms with E-state index in [1.165, 1.54) is 0 Å². The molecule has 0 radical (unpaired) electrons. The van der Waals surface area contributed by atoms with Gasteiger partial charge in [-0.2, -0.15) is 0 Å². The number of carbonyl (C=O) groups excluding carboxylic acids is 2. The molecule has 64 valence electrons. The van der Waals surface area contributed by atoms with Gasteiger partial charge in [0.15, 0.2) is 0 Å². The molecule has 0 fully saturated rings. The van der Waals surface area contributed by atoms with Gasteiger partial charge in [-0.3, -0.25) is 9.59 Å². The second-order valence-corrected chi connectivity index (χ2v) is 4.72. The van der Waals surface area contributed by atoms with Crippen LogP contribution >= 0.6 is 31.9 Å². The van der Waals surface area contributed by atoms with Gasteiger partial charge in [-0.25, -0.2) is 0 Å². The van der Waals surface area contributed by atoms with Gasteiger partial charge in [0, 0.05) is 0 Å². The van der Waals surface area contributed by atoms with Crippen LogP contribution in [0.4, 0.5) is 0 Å². The van der Waals surface area contributed by atoms with Crippen molar-refractivity contribution in [3.63, 3.8) is 0 Å². The smallest absolute Gasteiger partial charge is 0.327 e. The molecule has 5 heteroatoms. The van der Waals surface area contributed by atoms with Crippen molar-refractivity contribution in [2.75, 3.05) is 0 Å². The molecule has 3 nitrogen and oxygen atoms in total. The number of hydrogen-bond donors (Lipinski definition) is 0. The highest BCUT2D eigenvalue weighted by molar-refractivity contribution is 9.10. The van der Waals surface area contributed by atoms with Crippen LogP contribution in [0.3, 0.4) is 0 Å². The zero-order valence-corrected chi connectivity index (χ0v) is 9.31. The van der Waals surface area contributed by atoms with Crippen molar-refractivity contribution in [2.45, 2.75) is 23.5 Å². The van der Waals surface area contributed by atoms with E-state index in [4.69, 9.17) is 0 Å². The van der Waals surface area contributed by atoms with Crippen LogP contribution in [0.15, 0.2) is 0 Å². The normalized spacial score (nSPS) is 15.3. The molecule has 11 heavy (non-hydrogen) atoms. The number of halogens is 2. The van der Waals surface area contributed by atoms with Crippen molar-refractivity contribution >= 4 is 43.8 Å². The van der Waals surface area contributed by atoms with Gasteiger partial charge in [0.2, 0.25) is 0 Å². The summed E-state index contributed by atoms with van der Waals surface area (Å²) in [6.45, 7) is 3.18. The average Bonchev–Trinajstić information content (AvgIpc) is 1.87. The Hall–Kier alpha value is 0.1000. The van der Waals surface area contributed by atoms with Crippen molar-refractivity contribution in [1.29, 1.82) is 0 Å². The van der Waals surface area contributed by atoms with E-state index >= 15 is 0 Å². The summed E-state index contributed by atoms with van der Waals surface area (Å²) in [5, 5.41) is 0. The maximum atomic E-state index is 10.7. The van der Waals surface area contributed by atoms with E-state index in [0.717, 1.165) is 0 Å². The first kappa shape index (κ1) is 11.1. The lowest BCUT2D eigenvalue weighted by Gasteiger charge is -2.04. The Morgan fingerprint density at radius 3 is 1.55 bits per heavy atom. The van der Waals surface area contributed by atoms with Crippen LogP contribution in [0, 0.1) is 0 Å². The molecule has 0 aromatic heterocycles. The molecule has 0 saturated heterocycles. The minimum absolute atomic E-state index is 0.447. The van der Waals surface area contributed by atoms with Crippen molar-refractivity contribution in [2.24, 2.45) is 0 Å².